The summed E-state index contributed by atoms with van der Waals surface area (Å²) in [5, 5.41) is 3.52. The first-order valence-electron chi connectivity index (χ1n) is 7.34. The third-order valence-electron chi connectivity index (χ3n) is 4.15. The van der Waals surface area contributed by atoms with Crippen molar-refractivity contribution in [2.45, 2.75) is 37.9 Å². The molecule has 0 aromatic heterocycles. The van der Waals surface area contributed by atoms with Crippen molar-refractivity contribution >= 4 is 0 Å². The highest BCUT2D eigenvalue weighted by molar-refractivity contribution is 4.82. The third kappa shape index (κ3) is 4.19. The van der Waals surface area contributed by atoms with E-state index in [9.17, 15) is 0 Å². The van der Waals surface area contributed by atoms with E-state index >= 15 is 0 Å². The van der Waals surface area contributed by atoms with Crippen LogP contribution in [0, 0.1) is 5.92 Å². The molecule has 2 aliphatic rings. The van der Waals surface area contributed by atoms with Gasteiger partial charge in [-0.15, -0.1) is 0 Å². The van der Waals surface area contributed by atoms with Crippen molar-refractivity contribution < 1.29 is 9.47 Å². The van der Waals surface area contributed by atoms with Gasteiger partial charge in [0.2, 0.25) is 0 Å². The van der Waals surface area contributed by atoms with Gasteiger partial charge in [-0.2, -0.15) is 0 Å². The zero-order valence-corrected chi connectivity index (χ0v) is 11.9. The average molecular weight is 256 g/mol. The first-order chi connectivity index (χ1) is 8.70. The van der Waals surface area contributed by atoms with Crippen molar-refractivity contribution in [1.29, 1.82) is 0 Å². The number of hydrogen-bond acceptors (Lipinski definition) is 4. The molecule has 1 aliphatic heterocycles. The highest BCUT2D eigenvalue weighted by Gasteiger charge is 2.39. The molecule has 1 heterocycles. The Kier molecular flexibility index (Phi) is 5.42. The summed E-state index contributed by atoms with van der Waals surface area (Å²) in [6.07, 6.45) is 6.00. The summed E-state index contributed by atoms with van der Waals surface area (Å²) in [6, 6.07) is 0. The predicted molar refractivity (Wildman–Crippen MR) is 72.6 cm³/mol. The molecule has 0 amide bonds. The van der Waals surface area contributed by atoms with Crippen LogP contribution >= 0.6 is 0 Å². The fourth-order valence-corrected chi connectivity index (χ4v) is 2.93. The topological polar surface area (TPSA) is 33.7 Å². The predicted octanol–water partition coefficient (Wildman–Crippen LogP) is 1.46. The second kappa shape index (κ2) is 6.85. The lowest BCUT2D eigenvalue weighted by Crippen LogP contribution is -2.36. The lowest BCUT2D eigenvalue weighted by atomic mass is 9.83. The number of rotatable bonds is 6. The Morgan fingerprint density at radius 2 is 1.78 bits per heavy atom. The van der Waals surface area contributed by atoms with E-state index in [0.717, 1.165) is 51.6 Å². The van der Waals surface area contributed by atoms with Crippen LogP contribution in [0.3, 0.4) is 0 Å². The highest BCUT2D eigenvalue weighted by atomic mass is 16.7. The number of nitrogens with one attached hydrogen (secondary N) is 1. The summed E-state index contributed by atoms with van der Waals surface area (Å²) in [4.78, 5) is 2.21. The van der Waals surface area contributed by atoms with Gasteiger partial charge in [0.05, 0.1) is 13.2 Å². The summed E-state index contributed by atoms with van der Waals surface area (Å²) in [6.45, 7) is 4.94. The molecule has 0 aromatic carbocycles. The van der Waals surface area contributed by atoms with Gasteiger partial charge in [0.25, 0.3) is 0 Å². The lowest BCUT2D eigenvalue weighted by molar-refractivity contribution is -0.182. The molecule has 1 aliphatic carbocycles. The molecule has 0 unspecified atom stereocenters. The molecule has 4 nitrogen and oxygen atoms in total. The largest absolute Gasteiger partial charge is 0.348 e. The van der Waals surface area contributed by atoms with E-state index in [1.807, 2.05) is 0 Å². The van der Waals surface area contributed by atoms with Crippen LogP contribution in [-0.2, 0) is 9.47 Å². The van der Waals surface area contributed by atoms with Crippen LogP contribution in [-0.4, -0.2) is 57.6 Å². The fraction of sp³-hybridized carbons (Fsp3) is 1.00. The summed E-state index contributed by atoms with van der Waals surface area (Å²) < 4.78 is 11.5. The first kappa shape index (κ1) is 14.3. The Hall–Kier alpha value is -0.160. The molecule has 0 bridgehead atoms. The van der Waals surface area contributed by atoms with Crippen LogP contribution in [0.2, 0.25) is 0 Å². The number of hydrogen-bond donors (Lipinski definition) is 1. The van der Waals surface area contributed by atoms with Gasteiger partial charge < -0.3 is 19.7 Å². The van der Waals surface area contributed by atoms with Crippen molar-refractivity contribution in [1.82, 2.24) is 10.2 Å². The van der Waals surface area contributed by atoms with E-state index in [2.05, 4.69) is 24.3 Å². The standard InChI is InChI=1S/C14H28N2O2/c1-16(2)10-9-15-8-5-13-3-6-14(7-4-13)17-11-12-18-14/h13,15H,3-12H2,1-2H3. The molecule has 0 aromatic rings. The van der Waals surface area contributed by atoms with Gasteiger partial charge in [0.15, 0.2) is 5.79 Å². The minimum Gasteiger partial charge on any atom is -0.348 e. The molecular formula is C14H28N2O2. The van der Waals surface area contributed by atoms with Gasteiger partial charge in [0.1, 0.15) is 0 Å². The molecule has 0 radical (unpaired) electrons. The molecule has 1 saturated carbocycles. The first-order valence-corrected chi connectivity index (χ1v) is 7.34. The Morgan fingerprint density at radius 3 is 2.39 bits per heavy atom. The summed E-state index contributed by atoms with van der Waals surface area (Å²) in [5.74, 6) is 0.671. The maximum absolute atomic E-state index is 5.76. The lowest BCUT2D eigenvalue weighted by Gasteiger charge is -2.35. The second-order valence-electron chi connectivity index (χ2n) is 5.89. The van der Waals surface area contributed by atoms with Crippen molar-refractivity contribution in [3.63, 3.8) is 0 Å². The van der Waals surface area contributed by atoms with Gasteiger partial charge in [-0.05, 0) is 45.8 Å². The van der Waals surface area contributed by atoms with E-state index < -0.39 is 0 Å². The number of nitrogens with zero attached hydrogens (tertiary/aromatic N) is 1. The summed E-state index contributed by atoms with van der Waals surface area (Å²) >= 11 is 0. The molecule has 18 heavy (non-hydrogen) atoms. The van der Waals surface area contributed by atoms with E-state index in [-0.39, 0.29) is 5.79 Å². The van der Waals surface area contributed by atoms with E-state index in [1.54, 1.807) is 0 Å². The van der Waals surface area contributed by atoms with E-state index in [1.165, 1.54) is 19.3 Å². The molecule has 1 spiro atoms. The zero-order chi connectivity index (χ0) is 12.8. The minimum absolute atomic E-state index is 0.186. The summed E-state index contributed by atoms with van der Waals surface area (Å²) in [5.41, 5.74) is 0. The SMILES string of the molecule is CN(C)CCNCCC1CCC2(CC1)OCCO2. The Balaban J connectivity index is 1.54. The molecule has 2 fully saturated rings. The van der Waals surface area contributed by atoms with Crippen LogP contribution in [0.15, 0.2) is 0 Å². The Bertz CT molecular complexity index is 230. The molecule has 1 N–H and O–H groups in total. The van der Waals surface area contributed by atoms with Crippen LogP contribution in [0.1, 0.15) is 32.1 Å². The maximum atomic E-state index is 5.76. The number of ether oxygens (including phenoxy) is 2. The molecule has 1 saturated heterocycles. The Labute approximate surface area is 111 Å². The smallest absolute Gasteiger partial charge is 0.168 e. The summed E-state index contributed by atoms with van der Waals surface area (Å²) in [7, 11) is 4.23. The zero-order valence-electron chi connectivity index (χ0n) is 11.9. The van der Waals surface area contributed by atoms with Crippen LogP contribution in [0.4, 0.5) is 0 Å². The fourth-order valence-electron chi connectivity index (χ4n) is 2.93. The Morgan fingerprint density at radius 1 is 1.11 bits per heavy atom. The van der Waals surface area contributed by atoms with Gasteiger partial charge in [-0.3, -0.25) is 0 Å². The van der Waals surface area contributed by atoms with Crippen molar-refractivity contribution in [2.75, 3.05) is 46.9 Å². The molecule has 4 heteroatoms. The van der Waals surface area contributed by atoms with Crippen LogP contribution < -0.4 is 5.32 Å². The van der Waals surface area contributed by atoms with Crippen molar-refractivity contribution in [2.24, 2.45) is 5.92 Å². The molecule has 0 atom stereocenters. The van der Waals surface area contributed by atoms with Gasteiger partial charge in [-0.25, -0.2) is 0 Å². The van der Waals surface area contributed by atoms with Gasteiger partial charge >= 0.3 is 0 Å². The third-order valence-corrected chi connectivity index (χ3v) is 4.15. The highest BCUT2D eigenvalue weighted by Crippen LogP contribution is 2.39. The van der Waals surface area contributed by atoms with Gasteiger partial charge in [-0.1, -0.05) is 0 Å². The second-order valence-corrected chi connectivity index (χ2v) is 5.89. The molecule has 106 valence electrons. The van der Waals surface area contributed by atoms with E-state index in [0.29, 0.717) is 0 Å². The monoisotopic (exact) mass is 256 g/mol. The van der Waals surface area contributed by atoms with Crippen LogP contribution in [0.25, 0.3) is 0 Å². The normalized spacial score (nSPS) is 24.2. The quantitative estimate of drug-likeness (QED) is 0.730. The van der Waals surface area contributed by atoms with E-state index in [4.69, 9.17) is 9.47 Å². The minimum atomic E-state index is -0.186. The molecular weight excluding hydrogens is 228 g/mol. The van der Waals surface area contributed by atoms with Gasteiger partial charge in [0, 0.05) is 25.9 Å². The average Bonchev–Trinajstić information content (AvgIpc) is 2.80. The molecule has 2 rings (SSSR count). The van der Waals surface area contributed by atoms with Crippen molar-refractivity contribution in [3.8, 4) is 0 Å². The van der Waals surface area contributed by atoms with Crippen LogP contribution in [0.5, 0.6) is 0 Å². The maximum Gasteiger partial charge on any atom is 0.168 e. The number of likely N-dealkylation sites (N-methyl/N-ethyl adjacent to an activating group) is 1. The van der Waals surface area contributed by atoms with Crippen molar-refractivity contribution in [3.05, 3.63) is 0 Å².